The summed E-state index contributed by atoms with van der Waals surface area (Å²) in [5, 5.41) is 22.8. The number of carbonyl (C=O) groups excluding carboxylic acids is 1. The number of nitro groups is 1. The van der Waals surface area contributed by atoms with Crippen LogP contribution in [0.2, 0.25) is 0 Å². The highest BCUT2D eigenvalue weighted by Crippen LogP contribution is 2.38. The number of amides is 1. The number of allylic oxidation sites excluding steroid dienone is 1. The fraction of sp³-hybridized carbons (Fsp3) is 0.292. The number of hydrogen-bond donors (Lipinski definition) is 2. The number of non-ortho nitro benzene ring substituents is 1. The third kappa shape index (κ3) is 5.14. The highest BCUT2D eigenvalue weighted by molar-refractivity contribution is 7.99. The smallest absolute Gasteiger partial charge is 0.269 e. The maximum absolute atomic E-state index is 13.7. The fourth-order valence-corrected chi connectivity index (χ4v) is 4.52. The number of nitro benzene ring substituents is 1. The monoisotopic (exact) mass is 494 g/mol. The third-order valence-electron chi connectivity index (χ3n) is 5.34. The van der Waals surface area contributed by atoms with Crippen LogP contribution < -0.4 is 15.4 Å². The molecule has 0 aliphatic carbocycles. The summed E-state index contributed by atoms with van der Waals surface area (Å²) in [5.74, 6) is 1.50. The van der Waals surface area contributed by atoms with Gasteiger partial charge in [-0.1, -0.05) is 43.0 Å². The predicted octanol–water partition coefficient (Wildman–Crippen LogP) is 5.01. The number of rotatable bonds is 9. The largest absolute Gasteiger partial charge is 0.492 e. The summed E-state index contributed by atoms with van der Waals surface area (Å²) in [6.45, 7) is 6.17. The van der Waals surface area contributed by atoms with Gasteiger partial charge in [0.25, 0.3) is 11.6 Å². The van der Waals surface area contributed by atoms with Crippen LogP contribution in [0.5, 0.6) is 5.75 Å². The molecule has 1 aromatic heterocycles. The average Bonchev–Trinajstić information content (AvgIpc) is 3.25. The number of hydrogen-bond acceptors (Lipinski definition) is 8. The highest BCUT2D eigenvalue weighted by atomic mass is 32.2. The second-order valence-electron chi connectivity index (χ2n) is 7.81. The highest BCUT2D eigenvalue weighted by Gasteiger charge is 2.35. The van der Waals surface area contributed by atoms with Crippen molar-refractivity contribution < 1.29 is 14.5 Å². The van der Waals surface area contributed by atoms with Crippen molar-refractivity contribution in [3.63, 3.8) is 0 Å². The first-order valence-corrected chi connectivity index (χ1v) is 12.3. The molecule has 0 bridgehead atoms. The minimum atomic E-state index is -0.714. The topological polar surface area (TPSA) is 124 Å². The maximum atomic E-state index is 13.7. The lowest BCUT2D eigenvalue weighted by atomic mass is 9.94. The van der Waals surface area contributed by atoms with E-state index in [1.54, 1.807) is 35.9 Å². The number of thioether (sulfide) groups is 1. The molecule has 10 nitrogen and oxygen atoms in total. The van der Waals surface area contributed by atoms with Gasteiger partial charge in [-0.05, 0) is 38.0 Å². The second-order valence-corrected chi connectivity index (χ2v) is 8.87. The first-order chi connectivity index (χ1) is 16.9. The lowest BCUT2D eigenvalue weighted by molar-refractivity contribution is -0.384. The third-order valence-corrected chi connectivity index (χ3v) is 6.39. The van der Waals surface area contributed by atoms with Crippen molar-refractivity contribution in [2.24, 2.45) is 0 Å². The molecule has 35 heavy (non-hydrogen) atoms. The van der Waals surface area contributed by atoms with Gasteiger partial charge in [0.1, 0.15) is 11.8 Å². The van der Waals surface area contributed by atoms with Crippen molar-refractivity contribution in [1.29, 1.82) is 0 Å². The number of fused-ring (bicyclic) bond motifs is 1. The summed E-state index contributed by atoms with van der Waals surface area (Å²) in [6.07, 6.45) is 0.959. The molecule has 2 heterocycles. The van der Waals surface area contributed by atoms with Crippen LogP contribution in [0.4, 0.5) is 17.3 Å². The van der Waals surface area contributed by atoms with Crippen LogP contribution in [-0.2, 0) is 4.79 Å². The molecule has 0 fully saturated rings. The van der Waals surface area contributed by atoms with Gasteiger partial charge < -0.3 is 15.4 Å². The van der Waals surface area contributed by atoms with E-state index in [1.807, 2.05) is 19.1 Å². The van der Waals surface area contributed by atoms with Gasteiger partial charge in [0.05, 0.1) is 22.8 Å². The van der Waals surface area contributed by atoms with Gasteiger partial charge in [-0.15, -0.1) is 5.10 Å². The van der Waals surface area contributed by atoms with Crippen LogP contribution in [0.15, 0.2) is 65.0 Å². The molecule has 2 N–H and O–H groups in total. The standard InChI is InChI=1S/C24H26N6O4S/c1-4-13-35-24-27-23-25-15(3)20(22(31)26-18-11-6-7-12-19(18)34-5-2)21(29(23)28-24)16-9-8-10-17(14-16)30(32)33/h6-12,14,21H,4-5,13H2,1-3H3,(H,26,31)(H,25,27,28). The zero-order valence-electron chi connectivity index (χ0n) is 19.6. The lowest BCUT2D eigenvalue weighted by Gasteiger charge is -2.28. The van der Waals surface area contributed by atoms with E-state index < -0.39 is 11.0 Å². The first kappa shape index (κ1) is 24.3. The number of aromatic nitrogens is 3. The number of carbonyl (C=O) groups is 1. The van der Waals surface area contributed by atoms with Crippen LogP contribution in [-0.4, -0.2) is 38.0 Å². The number of anilines is 2. The number of nitrogens with zero attached hydrogens (tertiary/aromatic N) is 4. The van der Waals surface area contributed by atoms with Crippen LogP contribution >= 0.6 is 11.8 Å². The lowest BCUT2D eigenvalue weighted by Crippen LogP contribution is -2.31. The summed E-state index contributed by atoms with van der Waals surface area (Å²) in [4.78, 5) is 29.3. The van der Waals surface area contributed by atoms with Gasteiger partial charge in [0.15, 0.2) is 0 Å². The Morgan fingerprint density at radius 1 is 1.26 bits per heavy atom. The molecule has 2 aromatic carbocycles. The first-order valence-electron chi connectivity index (χ1n) is 11.3. The summed E-state index contributed by atoms with van der Waals surface area (Å²) >= 11 is 1.51. The maximum Gasteiger partial charge on any atom is 0.269 e. The van der Waals surface area contributed by atoms with Gasteiger partial charge in [0, 0.05) is 23.6 Å². The van der Waals surface area contributed by atoms with Gasteiger partial charge >= 0.3 is 0 Å². The normalized spacial score (nSPS) is 14.8. The summed E-state index contributed by atoms with van der Waals surface area (Å²) < 4.78 is 7.27. The van der Waals surface area contributed by atoms with E-state index in [-0.39, 0.29) is 11.6 Å². The van der Waals surface area contributed by atoms with E-state index in [0.29, 0.717) is 46.0 Å². The molecule has 1 unspecified atom stereocenters. The molecule has 1 amide bonds. The predicted molar refractivity (Wildman–Crippen MR) is 135 cm³/mol. The minimum Gasteiger partial charge on any atom is -0.492 e. The molecule has 3 aromatic rings. The summed E-state index contributed by atoms with van der Waals surface area (Å²) in [6, 6.07) is 12.7. The van der Waals surface area contributed by atoms with E-state index in [1.165, 1.54) is 23.9 Å². The van der Waals surface area contributed by atoms with E-state index in [0.717, 1.165) is 12.2 Å². The molecule has 1 atom stereocenters. The van der Waals surface area contributed by atoms with E-state index in [4.69, 9.17) is 4.74 Å². The molecule has 1 aliphatic rings. The Morgan fingerprint density at radius 3 is 2.80 bits per heavy atom. The van der Waals surface area contributed by atoms with Crippen molar-refractivity contribution >= 4 is 35.0 Å². The Morgan fingerprint density at radius 2 is 2.06 bits per heavy atom. The van der Waals surface area contributed by atoms with Crippen LogP contribution in [0, 0.1) is 10.1 Å². The summed E-state index contributed by atoms with van der Waals surface area (Å²) in [5.41, 5.74) is 1.98. The van der Waals surface area contributed by atoms with Gasteiger partial charge in [-0.2, -0.15) is 4.98 Å². The van der Waals surface area contributed by atoms with Crippen LogP contribution in [0.1, 0.15) is 38.8 Å². The minimum absolute atomic E-state index is 0.0672. The number of ether oxygens (including phenoxy) is 1. The number of benzene rings is 2. The Bertz CT molecular complexity index is 1290. The molecule has 0 spiro atoms. The van der Waals surface area contributed by atoms with Gasteiger partial charge in [-0.25, -0.2) is 4.68 Å². The molecule has 0 saturated carbocycles. The number of para-hydroxylation sites is 2. The molecule has 1 aliphatic heterocycles. The Hall–Kier alpha value is -3.86. The van der Waals surface area contributed by atoms with E-state index in [9.17, 15) is 14.9 Å². The molecule has 182 valence electrons. The van der Waals surface area contributed by atoms with Crippen molar-refractivity contribution in [3.8, 4) is 5.75 Å². The van der Waals surface area contributed by atoms with Crippen molar-refractivity contribution in [1.82, 2.24) is 14.8 Å². The molecule has 4 rings (SSSR count). The van der Waals surface area contributed by atoms with Crippen molar-refractivity contribution in [2.45, 2.75) is 38.4 Å². The molecule has 0 saturated heterocycles. The zero-order valence-corrected chi connectivity index (χ0v) is 20.5. The van der Waals surface area contributed by atoms with Crippen molar-refractivity contribution in [3.05, 3.63) is 75.5 Å². The molecule has 0 radical (unpaired) electrons. The molecular weight excluding hydrogens is 468 g/mol. The van der Waals surface area contributed by atoms with E-state index in [2.05, 4.69) is 27.6 Å². The van der Waals surface area contributed by atoms with Gasteiger partial charge in [0.2, 0.25) is 11.1 Å². The Labute approximate surface area is 206 Å². The average molecular weight is 495 g/mol. The van der Waals surface area contributed by atoms with E-state index >= 15 is 0 Å². The van der Waals surface area contributed by atoms with Crippen LogP contribution in [0.25, 0.3) is 0 Å². The number of nitrogens with one attached hydrogen (secondary N) is 2. The van der Waals surface area contributed by atoms with Crippen LogP contribution in [0.3, 0.4) is 0 Å². The quantitative estimate of drug-likeness (QED) is 0.242. The molecular formula is C24H26N6O4S. The Kier molecular flexibility index (Phi) is 7.35. The molecule has 11 heteroatoms. The SMILES string of the molecule is CCCSc1nc2n(n1)C(c1cccc([N+](=O)[O-])c1)C(C(=O)Nc1ccccc1OCC)=C(C)N2. The Balaban J connectivity index is 1.78. The second kappa shape index (κ2) is 10.6. The summed E-state index contributed by atoms with van der Waals surface area (Å²) in [7, 11) is 0. The fourth-order valence-electron chi connectivity index (χ4n) is 3.84. The van der Waals surface area contributed by atoms with Crippen molar-refractivity contribution in [2.75, 3.05) is 23.0 Å². The van der Waals surface area contributed by atoms with Gasteiger partial charge in [-0.3, -0.25) is 14.9 Å². The zero-order chi connectivity index (χ0) is 24.9.